The molecule has 6 heteroatoms. The Morgan fingerprint density at radius 2 is 2.00 bits per heavy atom. The Balaban J connectivity index is 1.91. The highest BCUT2D eigenvalue weighted by molar-refractivity contribution is 9.10. The summed E-state index contributed by atoms with van der Waals surface area (Å²) in [4.78, 5) is 16.6. The number of methoxy groups -OCH3 is 1. The first kappa shape index (κ1) is 19.9. The van der Waals surface area contributed by atoms with Crippen LogP contribution in [0.2, 0.25) is 0 Å². The lowest BCUT2D eigenvalue weighted by Gasteiger charge is -2.13. The summed E-state index contributed by atoms with van der Waals surface area (Å²) in [5.41, 5.74) is 3.72. The number of aliphatic imine (C=N–C) groups is 1. The van der Waals surface area contributed by atoms with Gasteiger partial charge in [-0.05, 0) is 71.3 Å². The van der Waals surface area contributed by atoms with Gasteiger partial charge in [-0.2, -0.15) is 0 Å². The number of carbonyl (C=O) groups is 1. The van der Waals surface area contributed by atoms with Crippen molar-refractivity contribution in [2.75, 3.05) is 13.7 Å². The molecule has 0 N–H and O–H groups in total. The number of benzene rings is 2. The third-order valence-electron chi connectivity index (χ3n) is 3.94. The zero-order chi connectivity index (χ0) is 20.3. The molecule has 1 aliphatic rings. The number of esters is 1. The van der Waals surface area contributed by atoms with Gasteiger partial charge in [-0.3, -0.25) is 0 Å². The van der Waals surface area contributed by atoms with E-state index in [0.717, 1.165) is 22.3 Å². The van der Waals surface area contributed by atoms with Crippen molar-refractivity contribution in [1.29, 1.82) is 0 Å². The van der Waals surface area contributed by atoms with Gasteiger partial charge in [0.2, 0.25) is 5.90 Å². The number of halogens is 1. The molecule has 0 atom stereocenters. The first-order chi connectivity index (χ1) is 13.4. The molecule has 0 amide bonds. The minimum Gasteiger partial charge on any atom is -0.493 e. The molecular weight excluding hydrogens is 422 g/mol. The molecule has 5 nitrogen and oxygen atoms in total. The summed E-state index contributed by atoms with van der Waals surface area (Å²) in [7, 11) is 1.56. The Kier molecular flexibility index (Phi) is 5.99. The smallest absolute Gasteiger partial charge is 0.363 e. The second-order valence-corrected chi connectivity index (χ2v) is 7.34. The molecule has 2 aromatic rings. The van der Waals surface area contributed by atoms with Crippen molar-refractivity contribution in [2.24, 2.45) is 4.99 Å². The molecule has 0 bridgehead atoms. The normalized spacial score (nSPS) is 14.6. The van der Waals surface area contributed by atoms with Gasteiger partial charge in [0.1, 0.15) is 6.61 Å². The van der Waals surface area contributed by atoms with E-state index >= 15 is 0 Å². The molecule has 0 aliphatic carbocycles. The second-order valence-electron chi connectivity index (χ2n) is 6.48. The molecule has 0 saturated carbocycles. The van der Waals surface area contributed by atoms with Crippen LogP contribution in [-0.2, 0) is 9.53 Å². The zero-order valence-corrected chi connectivity index (χ0v) is 17.5. The molecular formula is C22H20BrNO4. The van der Waals surface area contributed by atoms with Gasteiger partial charge in [0.05, 0.1) is 11.6 Å². The largest absolute Gasteiger partial charge is 0.493 e. The maximum Gasteiger partial charge on any atom is 0.363 e. The summed E-state index contributed by atoms with van der Waals surface area (Å²) in [5.74, 6) is 0.916. The van der Waals surface area contributed by atoms with Gasteiger partial charge in [-0.15, -0.1) is 0 Å². The number of aryl methyl sites for hydroxylation is 1. The predicted octanol–water partition coefficient (Wildman–Crippen LogP) is 5.07. The summed E-state index contributed by atoms with van der Waals surface area (Å²) in [6, 6.07) is 11.2. The third-order valence-corrected chi connectivity index (χ3v) is 4.53. The van der Waals surface area contributed by atoms with Gasteiger partial charge in [-0.25, -0.2) is 9.79 Å². The monoisotopic (exact) mass is 441 g/mol. The molecule has 0 radical (unpaired) electrons. The van der Waals surface area contributed by atoms with Crippen LogP contribution in [0.5, 0.6) is 11.5 Å². The summed E-state index contributed by atoms with van der Waals surface area (Å²) >= 11 is 3.49. The molecule has 0 fully saturated rings. The summed E-state index contributed by atoms with van der Waals surface area (Å²) in [6.45, 7) is 8.09. The first-order valence-electron chi connectivity index (χ1n) is 8.61. The molecule has 3 rings (SSSR count). The predicted molar refractivity (Wildman–Crippen MR) is 113 cm³/mol. The van der Waals surface area contributed by atoms with E-state index in [1.807, 2.05) is 44.2 Å². The van der Waals surface area contributed by atoms with Crippen molar-refractivity contribution in [3.63, 3.8) is 0 Å². The number of hydrogen-bond acceptors (Lipinski definition) is 5. The van der Waals surface area contributed by atoms with Crippen molar-refractivity contribution in [3.05, 3.63) is 75.4 Å². The van der Waals surface area contributed by atoms with Crippen molar-refractivity contribution in [1.82, 2.24) is 0 Å². The van der Waals surface area contributed by atoms with E-state index in [0.29, 0.717) is 28.5 Å². The molecule has 0 unspecified atom stereocenters. The lowest BCUT2D eigenvalue weighted by Crippen LogP contribution is -2.05. The summed E-state index contributed by atoms with van der Waals surface area (Å²) < 4.78 is 17.2. The van der Waals surface area contributed by atoms with Crippen molar-refractivity contribution in [2.45, 2.75) is 13.8 Å². The number of cyclic esters (lactones) is 1. The molecule has 1 aliphatic heterocycles. The quantitative estimate of drug-likeness (QED) is 0.356. The number of carbonyl (C=O) groups excluding carboxylic acids is 1. The second kappa shape index (κ2) is 8.44. The Morgan fingerprint density at radius 3 is 2.64 bits per heavy atom. The van der Waals surface area contributed by atoms with E-state index in [4.69, 9.17) is 14.2 Å². The highest BCUT2D eigenvalue weighted by Gasteiger charge is 2.24. The van der Waals surface area contributed by atoms with Gasteiger partial charge in [0, 0.05) is 5.56 Å². The number of nitrogens with zero attached hydrogens (tertiary/aromatic N) is 1. The topological polar surface area (TPSA) is 57.1 Å². The molecule has 0 spiro atoms. The van der Waals surface area contributed by atoms with E-state index in [2.05, 4.69) is 27.5 Å². The maximum atomic E-state index is 12.2. The van der Waals surface area contributed by atoms with Crippen LogP contribution in [-0.4, -0.2) is 25.6 Å². The highest BCUT2D eigenvalue weighted by Crippen LogP contribution is 2.37. The van der Waals surface area contributed by atoms with Crippen molar-refractivity contribution < 1.29 is 19.0 Å². The minimum absolute atomic E-state index is 0.222. The van der Waals surface area contributed by atoms with Crippen LogP contribution in [0.4, 0.5) is 0 Å². The average molecular weight is 442 g/mol. The van der Waals surface area contributed by atoms with E-state index in [1.54, 1.807) is 19.3 Å². The van der Waals surface area contributed by atoms with Gasteiger partial charge in [0.25, 0.3) is 0 Å². The van der Waals surface area contributed by atoms with Crippen LogP contribution >= 0.6 is 15.9 Å². The molecule has 2 aromatic carbocycles. The SMILES string of the molecule is C=C(C)COc1c(Br)cc(/C=C2\N=C(c3ccc(C)cc3)OC2=O)cc1OC. The van der Waals surface area contributed by atoms with E-state index in [1.165, 1.54) is 0 Å². The molecule has 1 heterocycles. The Bertz CT molecular complexity index is 990. The number of ether oxygens (including phenoxy) is 3. The van der Waals surface area contributed by atoms with Gasteiger partial charge >= 0.3 is 5.97 Å². The van der Waals surface area contributed by atoms with Gasteiger partial charge < -0.3 is 14.2 Å². The highest BCUT2D eigenvalue weighted by atomic mass is 79.9. The van der Waals surface area contributed by atoms with Crippen molar-refractivity contribution >= 4 is 33.9 Å². The lowest BCUT2D eigenvalue weighted by molar-refractivity contribution is -0.129. The molecule has 28 heavy (non-hydrogen) atoms. The Morgan fingerprint density at radius 1 is 1.29 bits per heavy atom. The van der Waals surface area contributed by atoms with E-state index < -0.39 is 5.97 Å². The lowest BCUT2D eigenvalue weighted by atomic mass is 10.1. The Labute approximate surface area is 172 Å². The molecule has 0 aromatic heterocycles. The minimum atomic E-state index is -0.492. The summed E-state index contributed by atoms with van der Waals surface area (Å²) in [5, 5.41) is 0. The number of rotatable bonds is 6. The fourth-order valence-electron chi connectivity index (χ4n) is 2.55. The van der Waals surface area contributed by atoms with Crippen LogP contribution in [0.15, 0.2) is 63.7 Å². The van der Waals surface area contributed by atoms with Crippen molar-refractivity contribution in [3.8, 4) is 11.5 Å². The number of hydrogen-bond donors (Lipinski definition) is 0. The standard InChI is InChI=1S/C22H20BrNO4/c1-13(2)12-27-20-17(23)9-15(11-19(20)26-4)10-18-22(25)28-21(24-18)16-7-5-14(3)6-8-16/h5-11H,1,12H2,2-4H3/b18-10-. The van der Waals surface area contributed by atoms with Crippen LogP contribution in [0.1, 0.15) is 23.6 Å². The maximum absolute atomic E-state index is 12.2. The van der Waals surface area contributed by atoms with E-state index in [-0.39, 0.29) is 5.70 Å². The van der Waals surface area contributed by atoms with Crippen LogP contribution < -0.4 is 9.47 Å². The first-order valence-corrected chi connectivity index (χ1v) is 9.41. The van der Waals surface area contributed by atoms with Gasteiger partial charge in [0.15, 0.2) is 17.2 Å². The third kappa shape index (κ3) is 4.51. The van der Waals surface area contributed by atoms with Crippen LogP contribution in [0.3, 0.4) is 0 Å². The van der Waals surface area contributed by atoms with Gasteiger partial charge in [-0.1, -0.05) is 24.3 Å². The fourth-order valence-corrected chi connectivity index (χ4v) is 3.12. The van der Waals surface area contributed by atoms with Crippen LogP contribution in [0, 0.1) is 6.92 Å². The fraction of sp³-hybridized carbons (Fsp3) is 0.182. The van der Waals surface area contributed by atoms with E-state index in [9.17, 15) is 4.79 Å². The molecule has 0 saturated heterocycles. The van der Waals surface area contributed by atoms with Crippen LogP contribution in [0.25, 0.3) is 6.08 Å². The Hall–Kier alpha value is -2.86. The average Bonchev–Trinajstić information content (AvgIpc) is 3.01. The molecule has 144 valence electrons. The summed E-state index contributed by atoms with van der Waals surface area (Å²) in [6.07, 6.45) is 1.65. The zero-order valence-electron chi connectivity index (χ0n) is 15.9.